The van der Waals surface area contributed by atoms with Crippen LogP contribution in [0.15, 0.2) is 18.2 Å². The largest absolute Gasteiger partial charge is 0.493 e. The van der Waals surface area contributed by atoms with Crippen molar-refractivity contribution < 1.29 is 13.6 Å². The second kappa shape index (κ2) is 4.72. The normalized spacial score (nSPS) is 14.2. The highest BCUT2D eigenvalue weighted by Crippen LogP contribution is 2.27. The van der Waals surface area contributed by atoms with E-state index in [2.05, 4.69) is 0 Å². The average Bonchev–Trinajstić information content (AvgIpc) is 2.16. The molecule has 3 nitrogen and oxygen atoms in total. The molecule has 0 aliphatic carbocycles. The summed E-state index contributed by atoms with van der Waals surface area (Å²) in [7, 11) is -1.01. The summed E-state index contributed by atoms with van der Waals surface area (Å²) in [5, 5.41) is 0. The van der Waals surface area contributed by atoms with Crippen LogP contribution in [0.5, 0.6) is 11.5 Å². The third-order valence-corrected chi connectivity index (χ3v) is 1.77. The van der Waals surface area contributed by atoms with Gasteiger partial charge in [0.15, 0.2) is 11.5 Å². The number of benzene rings is 1. The summed E-state index contributed by atoms with van der Waals surface area (Å²) >= 11 is 0. The SMILES string of the molecule is [2H]C([2H])([2H])Oc1cc(CCN)ccc1OC. The molecule has 2 N–H and O–H groups in total. The highest BCUT2D eigenvalue weighted by molar-refractivity contribution is 5.42. The molecule has 0 fully saturated rings. The Balaban J connectivity index is 2.97. The van der Waals surface area contributed by atoms with E-state index in [4.69, 9.17) is 19.3 Å². The molecule has 0 radical (unpaired) electrons. The van der Waals surface area contributed by atoms with Crippen molar-refractivity contribution in [3.63, 3.8) is 0 Å². The van der Waals surface area contributed by atoms with Gasteiger partial charge in [-0.2, -0.15) is 0 Å². The molecular weight excluding hydrogens is 166 g/mol. The van der Waals surface area contributed by atoms with Gasteiger partial charge in [-0.1, -0.05) is 6.07 Å². The standard InChI is InChI=1S/C10H15NO2/c1-12-9-4-3-8(5-6-11)7-10(9)13-2/h3-4,7H,5-6,11H2,1-2H3/i2D3. The molecule has 3 heteroatoms. The van der Waals surface area contributed by atoms with E-state index in [9.17, 15) is 0 Å². The molecule has 0 aromatic heterocycles. The van der Waals surface area contributed by atoms with Crippen LogP contribution in [0.1, 0.15) is 9.68 Å². The molecule has 13 heavy (non-hydrogen) atoms. The molecule has 0 unspecified atom stereocenters. The van der Waals surface area contributed by atoms with Crippen LogP contribution in [0.4, 0.5) is 0 Å². The van der Waals surface area contributed by atoms with Crippen molar-refractivity contribution in [2.75, 3.05) is 20.7 Å². The Kier molecular flexibility index (Phi) is 2.28. The molecule has 0 aliphatic heterocycles. The van der Waals surface area contributed by atoms with Crippen molar-refractivity contribution in [3.8, 4) is 11.5 Å². The summed E-state index contributed by atoms with van der Waals surface area (Å²) in [6.45, 7) is 0.500. The molecule has 1 aromatic rings. The molecule has 0 spiro atoms. The van der Waals surface area contributed by atoms with Crippen LogP contribution in [-0.2, 0) is 6.42 Å². The van der Waals surface area contributed by atoms with Crippen LogP contribution in [0.25, 0.3) is 0 Å². The zero-order valence-corrected chi connectivity index (χ0v) is 7.54. The highest BCUT2D eigenvalue weighted by Gasteiger charge is 2.03. The first-order valence-electron chi connectivity index (χ1n) is 5.52. The van der Waals surface area contributed by atoms with Crippen molar-refractivity contribution in [2.45, 2.75) is 6.42 Å². The van der Waals surface area contributed by atoms with E-state index >= 15 is 0 Å². The molecule has 72 valence electrons. The summed E-state index contributed by atoms with van der Waals surface area (Å²) in [4.78, 5) is 0. The Morgan fingerprint density at radius 1 is 1.38 bits per heavy atom. The third-order valence-electron chi connectivity index (χ3n) is 1.77. The number of rotatable bonds is 4. The molecule has 1 rings (SSSR count). The predicted octanol–water partition coefficient (Wildman–Crippen LogP) is 1.21. The monoisotopic (exact) mass is 184 g/mol. The van der Waals surface area contributed by atoms with Gasteiger partial charge in [0.25, 0.3) is 0 Å². The van der Waals surface area contributed by atoms with Gasteiger partial charge in [0.1, 0.15) is 0 Å². The summed E-state index contributed by atoms with van der Waals surface area (Å²) in [5.41, 5.74) is 6.34. The van der Waals surface area contributed by atoms with E-state index in [-0.39, 0.29) is 5.75 Å². The first-order chi connectivity index (χ1) is 7.46. The first kappa shape index (κ1) is 6.27. The second-order valence-electron chi connectivity index (χ2n) is 2.63. The number of nitrogens with two attached hydrogens (primary N) is 1. The lowest BCUT2D eigenvalue weighted by Gasteiger charge is -2.08. The Morgan fingerprint density at radius 2 is 2.23 bits per heavy atom. The predicted molar refractivity (Wildman–Crippen MR) is 52.3 cm³/mol. The molecule has 0 bridgehead atoms. The lowest BCUT2D eigenvalue weighted by atomic mass is 10.1. The van der Waals surface area contributed by atoms with Crippen LogP contribution in [0.3, 0.4) is 0 Å². The molecule has 0 heterocycles. The van der Waals surface area contributed by atoms with Crippen LogP contribution in [0.2, 0.25) is 0 Å². The molecule has 0 saturated heterocycles. The van der Waals surface area contributed by atoms with Gasteiger partial charge >= 0.3 is 0 Å². The van der Waals surface area contributed by atoms with Gasteiger partial charge in [-0.15, -0.1) is 0 Å². The maximum atomic E-state index is 7.04. The van der Waals surface area contributed by atoms with E-state index in [1.54, 1.807) is 12.1 Å². The first-order valence-corrected chi connectivity index (χ1v) is 4.02. The molecule has 0 atom stereocenters. The fourth-order valence-electron chi connectivity index (χ4n) is 1.12. The van der Waals surface area contributed by atoms with E-state index < -0.39 is 7.04 Å². The Morgan fingerprint density at radius 3 is 2.85 bits per heavy atom. The smallest absolute Gasteiger partial charge is 0.160 e. The van der Waals surface area contributed by atoms with Crippen molar-refractivity contribution in [1.82, 2.24) is 0 Å². The summed E-state index contributed by atoms with van der Waals surface area (Å²) < 4.78 is 31.0. The topological polar surface area (TPSA) is 44.5 Å². The van der Waals surface area contributed by atoms with E-state index in [1.807, 2.05) is 6.07 Å². The zero-order valence-electron chi connectivity index (χ0n) is 10.5. The molecule has 0 aliphatic rings. The van der Waals surface area contributed by atoms with E-state index in [1.165, 1.54) is 7.11 Å². The zero-order chi connectivity index (χ0) is 12.2. The molecule has 1 aromatic carbocycles. The molecular formula is C10H15NO2. The lowest BCUT2D eigenvalue weighted by molar-refractivity contribution is 0.354. The van der Waals surface area contributed by atoms with Crippen LogP contribution in [-0.4, -0.2) is 20.7 Å². The summed E-state index contributed by atoms with van der Waals surface area (Å²) in [5.74, 6) is 0.616. The van der Waals surface area contributed by atoms with E-state index in [0.29, 0.717) is 18.7 Å². The molecule has 0 amide bonds. The quantitative estimate of drug-likeness (QED) is 0.764. The minimum absolute atomic E-state index is 0.216. The van der Waals surface area contributed by atoms with Crippen molar-refractivity contribution >= 4 is 0 Å². The van der Waals surface area contributed by atoms with Gasteiger partial charge in [0, 0.05) is 0 Å². The second-order valence-corrected chi connectivity index (χ2v) is 2.63. The van der Waals surface area contributed by atoms with Gasteiger partial charge in [0.05, 0.1) is 18.3 Å². The van der Waals surface area contributed by atoms with Crippen molar-refractivity contribution in [1.29, 1.82) is 0 Å². The minimum atomic E-state index is -2.48. The fraction of sp³-hybridized carbons (Fsp3) is 0.400. The molecule has 0 saturated carbocycles. The highest BCUT2D eigenvalue weighted by atomic mass is 16.5. The van der Waals surface area contributed by atoms with Gasteiger partial charge < -0.3 is 15.2 Å². The Bertz CT molecular complexity index is 352. The van der Waals surface area contributed by atoms with Gasteiger partial charge in [-0.3, -0.25) is 0 Å². The number of hydrogen-bond acceptors (Lipinski definition) is 3. The summed E-state index contributed by atoms with van der Waals surface area (Å²) in [6, 6.07) is 5.14. The Hall–Kier alpha value is -1.22. The fourth-order valence-corrected chi connectivity index (χ4v) is 1.12. The number of ether oxygens (including phenoxy) is 2. The van der Waals surface area contributed by atoms with Crippen LogP contribution in [0, 0.1) is 0 Å². The van der Waals surface area contributed by atoms with Gasteiger partial charge in [-0.05, 0) is 30.7 Å². The van der Waals surface area contributed by atoms with Crippen LogP contribution < -0.4 is 15.2 Å². The lowest BCUT2D eigenvalue weighted by Crippen LogP contribution is -2.03. The van der Waals surface area contributed by atoms with Crippen LogP contribution >= 0.6 is 0 Å². The Labute approximate surface area is 82.7 Å². The maximum absolute atomic E-state index is 7.04. The minimum Gasteiger partial charge on any atom is -0.493 e. The third kappa shape index (κ3) is 2.36. The number of methoxy groups -OCH3 is 2. The average molecular weight is 184 g/mol. The summed E-state index contributed by atoms with van der Waals surface area (Å²) in [6.07, 6.45) is 0.668. The van der Waals surface area contributed by atoms with Gasteiger partial charge in [-0.25, -0.2) is 0 Å². The maximum Gasteiger partial charge on any atom is 0.160 e. The van der Waals surface area contributed by atoms with Crippen molar-refractivity contribution in [2.24, 2.45) is 5.73 Å². The number of hydrogen-bond donors (Lipinski definition) is 1. The van der Waals surface area contributed by atoms with Gasteiger partial charge in [0.2, 0.25) is 0 Å². The van der Waals surface area contributed by atoms with Crippen molar-refractivity contribution in [3.05, 3.63) is 23.8 Å². The van der Waals surface area contributed by atoms with E-state index in [0.717, 1.165) is 5.56 Å².